The van der Waals surface area contributed by atoms with Crippen LogP contribution in [-0.4, -0.2) is 12.6 Å². The Balaban J connectivity index is 2.35. The standard InChI is InChI=1S/C14H21N/c1-11-7-6-8-12(2)14(11)15-10-5-4-9-13(15)3/h6-8,13H,4-5,9-10H2,1-3H3. The Kier molecular flexibility index (Phi) is 2.99. The van der Waals surface area contributed by atoms with Gasteiger partial charge in [0.05, 0.1) is 0 Å². The predicted octanol–water partition coefficient (Wildman–Crippen LogP) is 3.68. The summed E-state index contributed by atoms with van der Waals surface area (Å²) in [6.07, 6.45) is 4.08. The molecule has 0 bridgehead atoms. The SMILES string of the molecule is Cc1cccc(C)c1N1CCCCC1C. The van der Waals surface area contributed by atoms with E-state index in [2.05, 4.69) is 43.9 Å². The van der Waals surface area contributed by atoms with Crippen molar-refractivity contribution >= 4 is 5.69 Å². The fourth-order valence-electron chi connectivity index (χ4n) is 2.69. The highest BCUT2D eigenvalue weighted by molar-refractivity contribution is 5.59. The van der Waals surface area contributed by atoms with Crippen LogP contribution in [0.25, 0.3) is 0 Å². The monoisotopic (exact) mass is 203 g/mol. The summed E-state index contributed by atoms with van der Waals surface area (Å²) in [6.45, 7) is 8.03. The van der Waals surface area contributed by atoms with Crippen molar-refractivity contribution in [2.45, 2.75) is 46.1 Å². The first-order valence-corrected chi connectivity index (χ1v) is 6.03. The van der Waals surface area contributed by atoms with Gasteiger partial charge in [-0.25, -0.2) is 0 Å². The van der Waals surface area contributed by atoms with Gasteiger partial charge in [-0.3, -0.25) is 0 Å². The fraction of sp³-hybridized carbons (Fsp3) is 0.571. The summed E-state index contributed by atoms with van der Waals surface area (Å²) in [4.78, 5) is 2.59. The Morgan fingerprint density at radius 2 is 1.80 bits per heavy atom. The number of rotatable bonds is 1. The molecule has 1 atom stereocenters. The summed E-state index contributed by atoms with van der Waals surface area (Å²) < 4.78 is 0. The molecule has 0 amide bonds. The largest absolute Gasteiger partial charge is 0.368 e. The highest BCUT2D eigenvalue weighted by Gasteiger charge is 2.20. The minimum absolute atomic E-state index is 0.707. The van der Waals surface area contributed by atoms with Crippen molar-refractivity contribution < 1.29 is 0 Å². The Morgan fingerprint density at radius 3 is 2.40 bits per heavy atom. The zero-order valence-electron chi connectivity index (χ0n) is 10.1. The summed E-state index contributed by atoms with van der Waals surface area (Å²) in [5.41, 5.74) is 4.32. The fourth-order valence-corrected chi connectivity index (χ4v) is 2.69. The van der Waals surface area contributed by atoms with Gasteiger partial charge in [0.15, 0.2) is 0 Å². The molecule has 1 aliphatic heterocycles. The van der Waals surface area contributed by atoms with Crippen LogP contribution >= 0.6 is 0 Å². The Bertz CT molecular complexity index is 323. The molecule has 0 spiro atoms. The first-order valence-electron chi connectivity index (χ1n) is 6.03. The molecule has 0 saturated carbocycles. The Hall–Kier alpha value is -0.980. The van der Waals surface area contributed by atoms with E-state index in [9.17, 15) is 0 Å². The van der Waals surface area contributed by atoms with Crippen molar-refractivity contribution in [2.24, 2.45) is 0 Å². The highest BCUT2D eigenvalue weighted by Crippen LogP contribution is 2.30. The van der Waals surface area contributed by atoms with Crippen LogP contribution in [0.3, 0.4) is 0 Å². The average Bonchev–Trinajstić information content (AvgIpc) is 2.20. The molecular formula is C14H21N. The van der Waals surface area contributed by atoms with Gasteiger partial charge in [0, 0.05) is 18.3 Å². The molecule has 1 nitrogen and oxygen atoms in total. The molecule has 1 aromatic carbocycles. The number of aryl methyl sites for hydroxylation is 2. The van der Waals surface area contributed by atoms with Crippen LogP contribution in [-0.2, 0) is 0 Å². The van der Waals surface area contributed by atoms with Gasteiger partial charge in [-0.1, -0.05) is 18.2 Å². The van der Waals surface area contributed by atoms with Crippen molar-refractivity contribution in [3.8, 4) is 0 Å². The number of para-hydroxylation sites is 1. The quantitative estimate of drug-likeness (QED) is 0.673. The lowest BCUT2D eigenvalue weighted by Gasteiger charge is -2.37. The van der Waals surface area contributed by atoms with E-state index in [0.717, 1.165) is 0 Å². The van der Waals surface area contributed by atoms with Crippen LogP contribution in [0.15, 0.2) is 18.2 Å². The van der Waals surface area contributed by atoms with E-state index in [1.807, 2.05) is 0 Å². The van der Waals surface area contributed by atoms with Crippen molar-refractivity contribution in [2.75, 3.05) is 11.4 Å². The van der Waals surface area contributed by atoms with Crippen LogP contribution < -0.4 is 4.90 Å². The van der Waals surface area contributed by atoms with Gasteiger partial charge in [-0.15, -0.1) is 0 Å². The lowest BCUT2D eigenvalue weighted by atomic mass is 9.99. The first-order chi connectivity index (χ1) is 7.20. The maximum absolute atomic E-state index is 2.59. The number of piperidine rings is 1. The van der Waals surface area contributed by atoms with Gasteiger partial charge in [0.1, 0.15) is 0 Å². The molecule has 1 aliphatic rings. The maximum Gasteiger partial charge on any atom is 0.0428 e. The number of nitrogens with zero attached hydrogens (tertiary/aromatic N) is 1. The molecule has 1 saturated heterocycles. The second-order valence-electron chi connectivity index (χ2n) is 4.78. The van der Waals surface area contributed by atoms with Crippen molar-refractivity contribution in [1.82, 2.24) is 0 Å². The summed E-state index contributed by atoms with van der Waals surface area (Å²) in [7, 11) is 0. The molecular weight excluding hydrogens is 182 g/mol. The number of hydrogen-bond acceptors (Lipinski definition) is 1. The highest BCUT2D eigenvalue weighted by atomic mass is 15.2. The van der Waals surface area contributed by atoms with Gasteiger partial charge in [-0.2, -0.15) is 0 Å². The van der Waals surface area contributed by atoms with Crippen LogP contribution in [0.1, 0.15) is 37.3 Å². The zero-order chi connectivity index (χ0) is 10.8. The van der Waals surface area contributed by atoms with Crippen molar-refractivity contribution in [1.29, 1.82) is 0 Å². The summed E-state index contributed by atoms with van der Waals surface area (Å²) in [5.74, 6) is 0. The summed E-state index contributed by atoms with van der Waals surface area (Å²) in [5, 5.41) is 0. The third-order valence-electron chi connectivity index (χ3n) is 3.53. The second kappa shape index (κ2) is 4.26. The van der Waals surface area contributed by atoms with Crippen molar-refractivity contribution in [3.05, 3.63) is 29.3 Å². The molecule has 15 heavy (non-hydrogen) atoms. The third kappa shape index (κ3) is 2.01. The molecule has 0 aromatic heterocycles. The van der Waals surface area contributed by atoms with Crippen LogP contribution in [0.4, 0.5) is 5.69 Å². The Labute approximate surface area is 93.1 Å². The molecule has 1 heterocycles. The van der Waals surface area contributed by atoms with Gasteiger partial charge >= 0.3 is 0 Å². The van der Waals surface area contributed by atoms with E-state index in [4.69, 9.17) is 0 Å². The van der Waals surface area contributed by atoms with Crippen molar-refractivity contribution in [3.63, 3.8) is 0 Å². The lowest BCUT2D eigenvalue weighted by molar-refractivity contribution is 0.483. The molecule has 1 heteroatoms. The number of benzene rings is 1. The summed E-state index contributed by atoms with van der Waals surface area (Å²) >= 11 is 0. The average molecular weight is 203 g/mol. The molecule has 82 valence electrons. The molecule has 1 unspecified atom stereocenters. The lowest BCUT2D eigenvalue weighted by Crippen LogP contribution is -2.38. The van der Waals surface area contributed by atoms with Crippen LogP contribution in [0.2, 0.25) is 0 Å². The van der Waals surface area contributed by atoms with E-state index in [1.165, 1.54) is 42.6 Å². The minimum Gasteiger partial charge on any atom is -0.368 e. The molecule has 1 aromatic rings. The van der Waals surface area contributed by atoms with E-state index in [0.29, 0.717) is 6.04 Å². The molecule has 1 fully saturated rings. The first kappa shape index (κ1) is 10.5. The smallest absolute Gasteiger partial charge is 0.0428 e. The van der Waals surface area contributed by atoms with Crippen LogP contribution in [0, 0.1) is 13.8 Å². The Morgan fingerprint density at radius 1 is 1.13 bits per heavy atom. The zero-order valence-corrected chi connectivity index (χ0v) is 10.1. The maximum atomic E-state index is 2.59. The number of anilines is 1. The molecule has 0 radical (unpaired) electrons. The van der Waals surface area contributed by atoms with Gasteiger partial charge in [0.2, 0.25) is 0 Å². The summed E-state index contributed by atoms with van der Waals surface area (Å²) in [6, 6.07) is 7.31. The minimum atomic E-state index is 0.707. The molecule has 0 N–H and O–H groups in total. The number of hydrogen-bond donors (Lipinski definition) is 0. The topological polar surface area (TPSA) is 3.24 Å². The van der Waals surface area contributed by atoms with E-state index < -0.39 is 0 Å². The van der Waals surface area contributed by atoms with Gasteiger partial charge in [-0.05, 0) is 51.2 Å². The van der Waals surface area contributed by atoms with Gasteiger partial charge < -0.3 is 4.90 Å². The predicted molar refractivity (Wildman–Crippen MR) is 66.6 cm³/mol. The van der Waals surface area contributed by atoms with Crippen LogP contribution in [0.5, 0.6) is 0 Å². The van der Waals surface area contributed by atoms with Gasteiger partial charge in [0.25, 0.3) is 0 Å². The second-order valence-corrected chi connectivity index (χ2v) is 4.78. The van der Waals surface area contributed by atoms with E-state index in [-0.39, 0.29) is 0 Å². The van der Waals surface area contributed by atoms with E-state index in [1.54, 1.807) is 0 Å². The normalized spacial score (nSPS) is 21.8. The molecule has 0 aliphatic carbocycles. The third-order valence-corrected chi connectivity index (χ3v) is 3.53. The van der Waals surface area contributed by atoms with E-state index >= 15 is 0 Å². The molecule has 2 rings (SSSR count).